The summed E-state index contributed by atoms with van der Waals surface area (Å²) in [7, 11) is 1.97. The van der Waals surface area contributed by atoms with Crippen LogP contribution in [0.25, 0.3) is 10.2 Å². The molecule has 3 aromatic rings. The lowest BCUT2D eigenvalue weighted by Gasteiger charge is -2.46. The summed E-state index contributed by atoms with van der Waals surface area (Å²) in [5.74, 6) is -2.20. The molecule has 0 bridgehead atoms. The molecule has 0 saturated carbocycles. The van der Waals surface area contributed by atoms with Gasteiger partial charge in [0, 0.05) is 16.4 Å². The van der Waals surface area contributed by atoms with E-state index in [0.29, 0.717) is 11.4 Å². The van der Waals surface area contributed by atoms with Crippen molar-refractivity contribution >= 4 is 45.2 Å². The number of imidazole rings is 1. The highest BCUT2D eigenvalue weighted by Crippen LogP contribution is 2.52. The van der Waals surface area contributed by atoms with Crippen LogP contribution in [-0.4, -0.2) is 48.7 Å². The molecule has 166 valence electrons. The Labute approximate surface area is 192 Å². The maximum absolute atomic E-state index is 12.5. The van der Waals surface area contributed by atoms with Crippen molar-refractivity contribution in [1.29, 1.82) is 0 Å². The molecular weight excluding hydrogens is 448 g/mol. The highest BCUT2D eigenvalue weighted by Gasteiger charge is 2.60. The molecule has 32 heavy (non-hydrogen) atoms. The maximum atomic E-state index is 12.5. The quantitative estimate of drug-likeness (QED) is 0.423. The topological polar surface area (TPSA) is 99.5 Å². The molecule has 5 rings (SSSR count). The van der Waals surface area contributed by atoms with Crippen LogP contribution in [0.1, 0.15) is 19.4 Å². The molecule has 1 amide bonds. The number of carbonyl (C=O) groups excluding carboxylic acids is 1. The van der Waals surface area contributed by atoms with E-state index in [0.717, 1.165) is 20.1 Å². The molecule has 10 heteroatoms. The summed E-state index contributed by atoms with van der Waals surface area (Å²) in [5.41, 5.74) is 2.01. The molecule has 1 fully saturated rings. The molecule has 0 radical (unpaired) electrons. The molecule has 2 aliphatic rings. The number of hydrogen-bond acceptors (Lipinski definition) is 6. The van der Waals surface area contributed by atoms with Gasteiger partial charge in [-0.05, 0) is 13.0 Å². The van der Waals surface area contributed by atoms with Crippen molar-refractivity contribution < 1.29 is 24.4 Å². The van der Waals surface area contributed by atoms with E-state index >= 15 is 0 Å². The number of rotatable bonds is 6. The molecular formula is C22H23N4O4S2+. The molecule has 1 saturated heterocycles. The number of benzene rings is 1. The number of β-lactam (4-membered cyclic amide) rings is 1. The van der Waals surface area contributed by atoms with Gasteiger partial charge in [0.2, 0.25) is 12.2 Å². The number of hydrogen-bond donors (Lipinski definition) is 2. The van der Waals surface area contributed by atoms with E-state index < -0.39 is 18.0 Å². The standard InChI is InChI=1S/C22H22N4O4S2/c1-11-17-15(12(2)27)20(28)26(17)18(21(29)30)19(11)32-22-23-16-13(5-4-6-14(16)31-22)9-25-8-7-24(3)10-25/h4-8,10-12,15,17,27H,9H2,1-3H3/p+1/t11-,12-,15-,17-/m1/s1. The Morgan fingerprint density at radius 2 is 2.19 bits per heavy atom. The van der Waals surface area contributed by atoms with Gasteiger partial charge < -0.3 is 15.1 Å². The number of thioether (sulfide) groups is 1. The number of nitrogens with zero attached hydrogens (tertiary/aromatic N) is 4. The smallest absolute Gasteiger partial charge is 0.353 e. The zero-order valence-electron chi connectivity index (χ0n) is 17.8. The van der Waals surface area contributed by atoms with Gasteiger partial charge >= 0.3 is 5.97 Å². The van der Waals surface area contributed by atoms with Gasteiger partial charge in [-0.2, -0.15) is 0 Å². The van der Waals surface area contributed by atoms with E-state index in [-0.39, 0.29) is 23.6 Å². The number of aliphatic hydroxyl groups excluding tert-OH is 1. The molecule has 0 spiro atoms. The van der Waals surface area contributed by atoms with E-state index in [4.69, 9.17) is 4.98 Å². The average Bonchev–Trinajstić information content (AvgIpc) is 3.38. The third-order valence-corrected chi connectivity index (χ3v) is 8.53. The van der Waals surface area contributed by atoms with Crippen LogP contribution in [0, 0.1) is 11.8 Å². The normalized spacial score (nSPS) is 23.6. The van der Waals surface area contributed by atoms with Crippen molar-refractivity contribution in [2.75, 3.05) is 0 Å². The molecule has 2 aliphatic heterocycles. The Morgan fingerprint density at radius 3 is 2.84 bits per heavy atom. The first kappa shape index (κ1) is 21.2. The van der Waals surface area contributed by atoms with Gasteiger partial charge in [-0.25, -0.2) is 18.9 Å². The van der Waals surface area contributed by atoms with Crippen molar-refractivity contribution in [3.63, 3.8) is 0 Å². The number of carboxylic acid groups (broad SMARTS) is 1. The molecule has 8 nitrogen and oxygen atoms in total. The number of aromatic nitrogens is 3. The van der Waals surface area contributed by atoms with Crippen LogP contribution in [0.4, 0.5) is 0 Å². The van der Waals surface area contributed by atoms with E-state index in [9.17, 15) is 19.8 Å². The van der Waals surface area contributed by atoms with Gasteiger partial charge in [0.25, 0.3) is 0 Å². The lowest BCUT2D eigenvalue weighted by molar-refractivity contribution is -0.671. The number of aliphatic hydroxyl groups is 1. The summed E-state index contributed by atoms with van der Waals surface area (Å²) in [4.78, 5) is 31.4. The van der Waals surface area contributed by atoms with Crippen molar-refractivity contribution in [3.8, 4) is 0 Å². The third kappa shape index (κ3) is 3.25. The number of fused-ring (bicyclic) bond motifs is 2. The first-order valence-electron chi connectivity index (χ1n) is 10.3. The number of amides is 1. The van der Waals surface area contributed by atoms with Crippen LogP contribution in [0.2, 0.25) is 0 Å². The number of thiazole rings is 1. The van der Waals surface area contributed by atoms with Gasteiger partial charge in [0.1, 0.15) is 24.6 Å². The summed E-state index contributed by atoms with van der Waals surface area (Å²) in [6.45, 7) is 4.19. The van der Waals surface area contributed by atoms with E-state index in [2.05, 4.69) is 10.6 Å². The Morgan fingerprint density at radius 1 is 1.41 bits per heavy atom. The van der Waals surface area contributed by atoms with Gasteiger partial charge in [-0.1, -0.05) is 30.8 Å². The number of carbonyl (C=O) groups is 2. The van der Waals surface area contributed by atoms with Crippen molar-refractivity contribution in [2.24, 2.45) is 18.9 Å². The molecule has 4 heterocycles. The zero-order chi connectivity index (χ0) is 22.7. The molecule has 0 aliphatic carbocycles. The van der Waals surface area contributed by atoms with Gasteiger partial charge in [-0.3, -0.25) is 4.79 Å². The maximum Gasteiger partial charge on any atom is 0.353 e. The van der Waals surface area contributed by atoms with Crippen molar-refractivity contribution in [3.05, 3.63) is 53.1 Å². The van der Waals surface area contributed by atoms with Gasteiger partial charge in [0.05, 0.1) is 35.3 Å². The molecule has 4 atom stereocenters. The second kappa shape index (κ2) is 7.72. The van der Waals surface area contributed by atoms with Crippen LogP contribution in [0.15, 0.2) is 51.9 Å². The first-order chi connectivity index (χ1) is 15.3. The number of aryl methyl sites for hydroxylation is 1. The highest BCUT2D eigenvalue weighted by atomic mass is 32.2. The molecule has 0 unspecified atom stereocenters. The monoisotopic (exact) mass is 471 g/mol. The Bertz CT molecular complexity index is 1280. The lowest BCUT2D eigenvalue weighted by atomic mass is 9.79. The Balaban J connectivity index is 1.48. The second-order valence-electron chi connectivity index (χ2n) is 8.37. The van der Waals surface area contributed by atoms with Crippen LogP contribution in [-0.2, 0) is 23.2 Å². The predicted molar refractivity (Wildman–Crippen MR) is 120 cm³/mol. The van der Waals surface area contributed by atoms with E-state index in [1.165, 1.54) is 28.0 Å². The largest absolute Gasteiger partial charge is 0.477 e. The molecule has 2 N–H and O–H groups in total. The number of aliphatic carboxylic acids is 1. The minimum atomic E-state index is -1.12. The highest BCUT2D eigenvalue weighted by molar-refractivity contribution is 8.04. The zero-order valence-corrected chi connectivity index (χ0v) is 19.4. The summed E-state index contributed by atoms with van der Waals surface area (Å²) in [6, 6.07) is 5.75. The average molecular weight is 472 g/mol. The Kier molecular flexibility index (Phi) is 5.11. The molecule has 1 aromatic carbocycles. The predicted octanol–water partition coefficient (Wildman–Crippen LogP) is 2.22. The second-order valence-corrected chi connectivity index (χ2v) is 10.7. The number of para-hydroxylation sites is 1. The first-order valence-corrected chi connectivity index (χ1v) is 12.0. The minimum absolute atomic E-state index is 0.0220. The summed E-state index contributed by atoms with van der Waals surface area (Å²) < 4.78 is 5.84. The van der Waals surface area contributed by atoms with E-state index in [1.54, 1.807) is 6.92 Å². The lowest BCUT2D eigenvalue weighted by Crippen LogP contribution is -2.63. The van der Waals surface area contributed by atoms with Crippen LogP contribution in [0.5, 0.6) is 0 Å². The van der Waals surface area contributed by atoms with Gasteiger partial charge in [-0.15, -0.1) is 11.3 Å². The summed E-state index contributed by atoms with van der Waals surface area (Å²) >= 11 is 2.84. The van der Waals surface area contributed by atoms with Gasteiger partial charge in [0.15, 0.2) is 4.34 Å². The van der Waals surface area contributed by atoms with Crippen LogP contribution >= 0.6 is 23.1 Å². The minimum Gasteiger partial charge on any atom is -0.477 e. The Hall–Kier alpha value is -2.69. The van der Waals surface area contributed by atoms with Crippen molar-refractivity contribution in [1.82, 2.24) is 14.5 Å². The summed E-state index contributed by atoms with van der Waals surface area (Å²) in [5, 5.41) is 19.9. The van der Waals surface area contributed by atoms with Crippen LogP contribution < -0.4 is 4.57 Å². The third-order valence-electron chi connectivity index (χ3n) is 6.17. The number of carboxylic acids is 1. The fourth-order valence-electron chi connectivity index (χ4n) is 4.70. The van der Waals surface area contributed by atoms with Crippen LogP contribution in [0.3, 0.4) is 0 Å². The van der Waals surface area contributed by atoms with Crippen molar-refractivity contribution in [2.45, 2.75) is 36.9 Å². The van der Waals surface area contributed by atoms with E-state index in [1.807, 2.05) is 49.4 Å². The molecule has 2 aromatic heterocycles. The summed E-state index contributed by atoms with van der Waals surface area (Å²) in [6.07, 6.45) is 5.18. The fourth-order valence-corrected chi connectivity index (χ4v) is 7.08. The SMILES string of the molecule is C[C@@H](O)[C@H]1C(=O)N2C(C(=O)O)=C(Sc3nc4c(Cn5cc[n+](C)c5)cccc4s3)[C@H](C)[C@H]12. The fraction of sp³-hybridized carbons (Fsp3) is 0.364.